The fraction of sp³-hybridized carbons (Fsp3) is 0.118. The van der Waals surface area contributed by atoms with Crippen LogP contribution >= 0.6 is 0 Å². The number of benzene rings is 2. The third-order valence-electron chi connectivity index (χ3n) is 3.32. The Morgan fingerprint density at radius 1 is 1.08 bits per heavy atom. The Hall–Kier alpha value is -2.61. The molecule has 0 atom stereocenters. The van der Waals surface area contributed by atoms with Crippen molar-refractivity contribution in [3.8, 4) is 0 Å². The van der Waals surface area contributed by atoms with Crippen LogP contribution in [0.5, 0.6) is 0 Å². The summed E-state index contributed by atoms with van der Waals surface area (Å²) < 4.78 is 65.5. The van der Waals surface area contributed by atoms with Gasteiger partial charge in [0.25, 0.3) is 10.0 Å². The molecule has 0 aromatic heterocycles. The van der Waals surface area contributed by atoms with E-state index in [1.807, 2.05) is 0 Å². The van der Waals surface area contributed by atoms with E-state index in [2.05, 4.69) is 4.72 Å². The number of nitrogens with one attached hydrogen (secondary N) is 1. The maximum atomic E-state index is 12.8. The van der Waals surface area contributed by atoms with E-state index in [0.29, 0.717) is 17.9 Å². The molecule has 0 aliphatic heterocycles. The second-order valence-corrected chi connectivity index (χ2v) is 6.74. The van der Waals surface area contributed by atoms with Crippen LogP contribution in [-0.2, 0) is 16.2 Å². The first-order chi connectivity index (χ1) is 11.7. The summed E-state index contributed by atoms with van der Waals surface area (Å²) in [5.74, 6) is 0. The first-order valence-electron chi connectivity index (χ1n) is 7.10. The summed E-state index contributed by atoms with van der Waals surface area (Å²) >= 11 is 0. The highest BCUT2D eigenvalue weighted by molar-refractivity contribution is 7.92. The molecule has 1 N–H and O–H groups in total. The minimum atomic E-state index is -4.65. The van der Waals surface area contributed by atoms with E-state index in [1.165, 1.54) is 24.3 Å². The van der Waals surface area contributed by atoms with Gasteiger partial charge in [0, 0.05) is 11.1 Å². The number of rotatable bonds is 5. The van der Waals surface area contributed by atoms with Crippen molar-refractivity contribution < 1.29 is 26.4 Å². The molecule has 0 amide bonds. The zero-order chi connectivity index (χ0) is 18.7. The van der Waals surface area contributed by atoms with E-state index in [-0.39, 0.29) is 11.3 Å². The van der Waals surface area contributed by atoms with Crippen molar-refractivity contribution in [3.05, 3.63) is 65.2 Å². The van der Waals surface area contributed by atoms with E-state index in [1.54, 1.807) is 13.0 Å². The lowest BCUT2D eigenvalue weighted by Gasteiger charge is -2.13. The summed E-state index contributed by atoms with van der Waals surface area (Å²) in [7, 11) is -4.26. The van der Waals surface area contributed by atoms with Crippen LogP contribution in [0.1, 0.15) is 28.4 Å². The number of hydrogen-bond donors (Lipinski definition) is 1. The van der Waals surface area contributed by atoms with Gasteiger partial charge in [0.2, 0.25) is 0 Å². The molecular formula is C17H14F3NO3S. The highest BCUT2D eigenvalue weighted by Gasteiger charge is 2.31. The lowest BCUT2D eigenvalue weighted by atomic mass is 10.1. The summed E-state index contributed by atoms with van der Waals surface area (Å²) in [5.41, 5.74) is -0.385. The Morgan fingerprint density at radius 2 is 1.76 bits per heavy atom. The molecule has 2 aromatic carbocycles. The predicted octanol–water partition coefficient (Wildman–Crippen LogP) is 4.35. The average Bonchev–Trinajstić information content (AvgIpc) is 2.55. The Balaban J connectivity index is 2.49. The average molecular weight is 369 g/mol. The molecule has 0 bridgehead atoms. The number of carbonyl (C=O) groups is 1. The second kappa shape index (κ2) is 7.10. The number of carbonyl (C=O) groups excluding carboxylic acids is 1. The third kappa shape index (κ3) is 4.27. The lowest BCUT2D eigenvalue weighted by Crippen LogP contribution is -2.15. The molecule has 8 heteroatoms. The minimum absolute atomic E-state index is 0.0973. The molecule has 0 radical (unpaired) electrons. The number of aldehydes is 1. The van der Waals surface area contributed by atoms with E-state index in [4.69, 9.17) is 0 Å². The van der Waals surface area contributed by atoms with Crippen LogP contribution in [0.3, 0.4) is 0 Å². The van der Waals surface area contributed by atoms with Gasteiger partial charge in [0.05, 0.1) is 16.1 Å². The van der Waals surface area contributed by atoms with E-state index in [0.717, 1.165) is 18.2 Å². The molecule has 0 heterocycles. The largest absolute Gasteiger partial charge is 0.416 e. The van der Waals surface area contributed by atoms with Crippen molar-refractivity contribution in [1.29, 1.82) is 0 Å². The van der Waals surface area contributed by atoms with Crippen molar-refractivity contribution >= 4 is 28.1 Å². The Morgan fingerprint density at radius 3 is 2.36 bits per heavy atom. The summed E-state index contributed by atoms with van der Waals surface area (Å²) in [6.45, 7) is 1.69. The Bertz CT molecular complexity index is 919. The van der Waals surface area contributed by atoms with Gasteiger partial charge in [-0.1, -0.05) is 30.4 Å². The van der Waals surface area contributed by atoms with E-state index < -0.39 is 26.7 Å². The van der Waals surface area contributed by atoms with Crippen LogP contribution in [0.25, 0.3) is 6.08 Å². The van der Waals surface area contributed by atoms with Gasteiger partial charge in [-0.3, -0.25) is 9.52 Å². The predicted molar refractivity (Wildman–Crippen MR) is 88.8 cm³/mol. The molecule has 25 heavy (non-hydrogen) atoms. The van der Waals surface area contributed by atoms with Crippen molar-refractivity contribution in [3.63, 3.8) is 0 Å². The number of alkyl halides is 3. The van der Waals surface area contributed by atoms with Crippen LogP contribution in [0, 0.1) is 0 Å². The molecular weight excluding hydrogens is 355 g/mol. The molecule has 0 aliphatic carbocycles. The highest BCUT2D eigenvalue weighted by atomic mass is 32.2. The maximum absolute atomic E-state index is 12.8. The van der Waals surface area contributed by atoms with Crippen LogP contribution in [-0.4, -0.2) is 14.7 Å². The monoisotopic (exact) mass is 369 g/mol. The summed E-state index contributed by atoms with van der Waals surface area (Å²) in [5, 5.41) is 0. The van der Waals surface area contributed by atoms with Crippen LogP contribution in [0.15, 0.2) is 53.4 Å². The number of allylic oxidation sites excluding steroid dienone is 1. The van der Waals surface area contributed by atoms with Crippen molar-refractivity contribution in [2.75, 3.05) is 4.72 Å². The SMILES string of the molecule is C/C=C\c1c(C=O)cccc1NS(=O)(=O)c1cccc(C(F)(F)F)c1. The van der Waals surface area contributed by atoms with Crippen LogP contribution in [0.2, 0.25) is 0 Å². The first kappa shape index (κ1) is 18.7. The second-order valence-electron chi connectivity index (χ2n) is 5.06. The molecule has 0 unspecified atom stereocenters. The number of anilines is 1. The smallest absolute Gasteiger partial charge is 0.298 e. The minimum Gasteiger partial charge on any atom is -0.298 e. The Kier molecular flexibility index (Phi) is 5.32. The molecule has 0 spiro atoms. The van der Waals surface area contributed by atoms with Gasteiger partial charge in [-0.05, 0) is 31.2 Å². The molecule has 0 saturated heterocycles. The fourth-order valence-electron chi connectivity index (χ4n) is 2.17. The highest BCUT2D eigenvalue weighted by Crippen LogP contribution is 2.31. The van der Waals surface area contributed by atoms with E-state index in [9.17, 15) is 26.4 Å². The van der Waals surface area contributed by atoms with Gasteiger partial charge in [-0.2, -0.15) is 13.2 Å². The molecule has 4 nitrogen and oxygen atoms in total. The van der Waals surface area contributed by atoms with Gasteiger partial charge < -0.3 is 0 Å². The molecule has 132 valence electrons. The zero-order valence-corrected chi connectivity index (χ0v) is 13.9. The zero-order valence-electron chi connectivity index (χ0n) is 13.0. The molecule has 0 saturated carbocycles. The first-order valence-corrected chi connectivity index (χ1v) is 8.58. The van der Waals surface area contributed by atoms with Crippen LogP contribution < -0.4 is 4.72 Å². The molecule has 2 rings (SSSR count). The number of halogens is 3. The van der Waals surface area contributed by atoms with E-state index >= 15 is 0 Å². The summed E-state index contributed by atoms with van der Waals surface area (Å²) in [6, 6.07) is 7.83. The number of sulfonamides is 1. The molecule has 0 fully saturated rings. The van der Waals surface area contributed by atoms with Gasteiger partial charge in [-0.25, -0.2) is 8.42 Å². The van der Waals surface area contributed by atoms with Gasteiger partial charge in [0.1, 0.15) is 0 Å². The standard InChI is InChI=1S/C17H14F3NO3S/c1-2-5-15-12(11-22)6-3-9-16(15)21-25(23,24)14-8-4-7-13(10-14)17(18,19)20/h2-11,21H,1H3/b5-2-. The van der Waals surface area contributed by atoms with Gasteiger partial charge in [0.15, 0.2) is 6.29 Å². The lowest BCUT2D eigenvalue weighted by molar-refractivity contribution is -0.137. The molecule has 2 aromatic rings. The Labute approximate surface area is 143 Å². The van der Waals surface area contributed by atoms with Gasteiger partial charge >= 0.3 is 6.18 Å². The normalized spacial score (nSPS) is 12.3. The van der Waals surface area contributed by atoms with Gasteiger partial charge in [-0.15, -0.1) is 0 Å². The topological polar surface area (TPSA) is 63.2 Å². The fourth-order valence-corrected chi connectivity index (χ4v) is 3.30. The van der Waals surface area contributed by atoms with Crippen molar-refractivity contribution in [1.82, 2.24) is 0 Å². The number of hydrogen-bond acceptors (Lipinski definition) is 3. The summed E-state index contributed by atoms with van der Waals surface area (Å²) in [6.07, 6.45) is -0.936. The summed E-state index contributed by atoms with van der Waals surface area (Å²) in [4.78, 5) is 10.6. The van der Waals surface area contributed by atoms with Crippen molar-refractivity contribution in [2.45, 2.75) is 18.0 Å². The molecule has 0 aliphatic rings. The third-order valence-corrected chi connectivity index (χ3v) is 4.68. The van der Waals surface area contributed by atoms with Crippen molar-refractivity contribution in [2.24, 2.45) is 0 Å². The van der Waals surface area contributed by atoms with Crippen LogP contribution in [0.4, 0.5) is 18.9 Å². The maximum Gasteiger partial charge on any atom is 0.416 e. The quantitative estimate of drug-likeness (QED) is 0.797.